The molecule has 222 valence electrons. The molecule has 0 atom stereocenters. The van der Waals surface area contributed by atoms with Crippen LogP contribution in [0.15, 0.2) is 11.8 Å². The molecule has 37 heavy (non-hydrogen) atoms. The summed E-state index contributed by atoms with van der Waals surface area (Å²) in [6.45, 7) is 2.83. The van der Waals surface area contributed by atoms with E-state index in [4.69, 9.17) is 0 Å². The van der Waals surface area contributed by atoms with Gasteiger partial charge in [0.25, 0.3) is 0 Å². The van der Waals surface area contributed by atoms with Crippen LogP contribution in [0.3, 0.4) is 0 Å². The predicted molar refractivity (Wildman–Crippen MR) is 90.5 cm³/mol. The standard InChI is InChI=1S/C16H17F17O3Si/c1-5-34-37(35-6-2,36-7-3)8(4)9(17,18)10(19,20)11(21,22)12(23,24)13(25,26)14(27,28)15(29,30)16(31,32)33/h4-7H2,1-3H3. The van der Waals surface area contributed by atoms with Crippen LogP contribution < -0.4 is 0 Å². The van der Waals surface area contributed by atoms with Crippen LogP contribution >= 0.6 is 0 Å². The summed E-state index contributed by atoms with van der Waals surface area (Å²) in [4.78, 5) is 0. The van der Waals surface area contributed by atoms with Gasteiger partial charge in [0.1, 0.15) is 0 Å². The molecule has 0 aliphatic rings. The van der Waals surface area contributed by atoms with Crippen molar-refractivity contribution < 1.29 is 87.9 Å². The molecular formula is C16H17F17O3Si. The zero-order chi connectivity index (χ0) is 30.3. The zero-order valence-corrected chi connectivity index (χ0v) is 19.5. The van der Waals surface area contributed by atoms with Crippen LogP contribution in [0.1, 0.15) is 20.8 Å². The molecule has 0 aromatic heterocycles. The molecule has 0 saturated heterocycles. The third-order valence-electron chi connectivity index (χ3n) is 4.47. The summed E-state index contributed by atoms with van der Waals surface area (Å²) in [5, 5.41) is -2.68. The van der Waals surface area contributed by atoms with Crippen molar-refractivity contribution in [3.63, 3.8) is 0 Å². The first kappa shape index (κ1) is 35.6. The monoisotopic (exact) mass is 608 g/mol. The molecule has 21 heteroatoms. The fourth-order valence-electron chi connectivity index (χ4n) is 2.50. The fraction of sp³-hybridized carbons (Fsp3) is 0.875. The number of halogens is 17. The first-order valence-corrected chi connectivity index (χ1v) is 11.1. The number of rotatable bonds is 14. The van der Waals surface area contributed by atoms with E-state index in [2.05, 4.69) is 19.9 Å². The van der Waals surface area contributed by atoms with E-state index in [0.29, 0.717) is 0 Å². The van der Waals surface area contributed by atoms with Crippen molar-refractivity contribution in [1.29, 1.82) is 0 Å². The summed E-state index contributed by atoms with van der Waals surface area (Å²) in [5.41, 5.74) is 0. The van der Waals surface area contributed by atoms with E-state index in [1.165, 1.54) is 0 Å². The van der Waals surface area contributed by atoms with E-state index in [9.17, 15) is 74.6 Å². The van der Waals surface area contributed by atoms with Gasteiger partial charge in [0.15, 0.2) is 0 Å². The minimum Gasteiger partial charge on any atom is -0.370 e. The molecule has 0 spiro atoms. The topological polar surface area (TPSA) is 27.7 Å². The number of hydrogen-bond donors (Lipinski definition) is 0. The van der Waals surface area contributed by atoms with Gasteiger partial charge in [-0.2, -0.15) is 74.6 Å². The molecule has 0 aliphatic carbocycles. The molecular weight excluding hydrogens is 591 g/mol. The van der Waals surface area contributed by atoms with Crippen molar-refractivity contribution in [1.82, 2.24) is 0 Å². The quantitative estimate of drug-likeness (QED) is 0.155. The molecule has 0 bridgehead atoms. The summed E-state index contributed by atoms with van der Waals surface area (Å²) < 4.78 is 243. The van der Waals surface area contributed by atoms with Gasteiger partial charge < -0.3 is 13.3 Å². The fourth-order valence-corrected chi connectivity index (χ4v) is 4.96. The minimum absolute atomic E-state index is 0.781. The Morgan fingerprint density at radius 1 is 0.486 bits per heavy atom. The predicted octanol–water partition coefficient (Wildman–Crippen LogP) is 7.14. The second-order valence-electron chi connectivity index (χ2n) is 6.85. The van der Waals surface area contributed by atoms with Crippen molar-refractivity contribution >= 4 is 8.80 Å². The lowest BCUT2D eigenvalue weighted by atomic mass is 9.89. The summed E-state index contributed by atoms with van der Waals surface area (Å²) in [6, 6.07) is 0. The van der Waals surface area contributed by atoms with Gasteiger partial charge in [0.05, 0.1) is 5.20 Å². The maximum Gasteiger partial charge on any atom is 0.538 e. The van der Waals surface area contributed by atoms with Gasteiger partial charge in [0.2, 0.25) is 0 Å². The average molecular weight is 608 g/mol. The third-order valence-corrected chi connectivity index (χ3v) is 7.53. The van der Waals surface area contributed by atoms with Crippen molar-refractivity contribution in [2.24, 2.45) is 0 Å². The molecule has 0 rings (SSSR count). The highest BCUT2D eigenvalue weighted by atomic mass is 28.4. The first-order valence-electron chi connectivity index (χ1n) is 9.42. The van der Waals surface area contributed by atoms with Crippen molar-refractivity contribution in [2.45, 2.75) is 68.4 Å². The van der Waals surface area contributed by atoms with Crippen molar-refractivity contribution in [3.8, 4) is 0 Å². The molecule has 3 nitrogen and oxygen atoms in total. The lowest BCUT2D eigenvalue weighted by Crippen LogP contribution is -2.75. The highest BCUT2D eigenvalue weighted by Gasteiger charge is 2.95. The third kappa shape index (κ3) is 5.03. The minimum atomic E-state index is -8.71. The number of alkyl halides is 17. The van der Waals surface area contributed by atoms with Gasteiger partial charge in [-0.3, -0.25) is 0 Å². The Morgan fingerprint density at radius 3 is 0.973 bits per heavy atom. The molecule has 0 fully saturated rings. The van der Waals surface area contributed by atoms with Gasteiger partial charge in [-0.15, -0.1) is 0 Å². The highest BCUT2D eigenvalue weighted by molar-refractivity contribution is 6.69. The van der Waals surface area contributed by atoms with E-state index >= 15 is 0 Å². The van der Waals surface area contributed by atoms with E-state index in [-0.39, 0.29) is 0 Å². The summed E-state index contributed by atoms with van der Waals surface area (Å²) >= 11 is 0. The van der Waals surface area contributed by atoms with Crippen LogP contribution in [0.25, 0.3) is 0 Å². The number of allylic oxidation sites excluding steroid dienone is 1. The summed E-state index contributed by atoms with van der Waals surface area (Å²) in [7, 11) is -5.53. The van der Waals surface area contributed by atoms with E-state index < -0.39 is 81.5 Å². The van der Waals surface area contributed by atoms with Crippen LogP contribution in [0, 0.1) is 0 Å². The van der Waals surface area contributed by atoms with Crippen LogP contribution in [0.4, 0.5) is 74.6 Å². The van der Waals surface area contributed by atoms with Crippen LogP contribution in [-0.4, -0.2) is 76.3 Å². The van der Waals surface area contributed by atoms with Crippen molar-refractivity contribution in [3.05, 3.63) is 11.8 Å². The smallest absolute Gasteiger partial charge is 0.370 e. The summed E-state index contributed by atoms with van der Waals surface area (Å²) in [5.74, 6) is -57.4. The van der Waals surface area contributed by atoms with Gasteiger partial charge in [-0.05, 0) is 20.8 Å². The maximum atomic E-state index is 14.6. The maximum absolute atomic E-state index is 14.6. The zero-order valence-electron chi connectivity index (χ0n) is 18.5. The van der Waals surface area contributed by atoms with E-state index in [1.54, 1.807) is 0 Å². The largest absolute Gasteiger partial charge is 0.538 e. The lowest BCUT2D eigenvalue weighted by Gasteiger charge is -2.44. The SMILES string of the molecule is C=C(C(F)(F)C(F)(F)C(F)(F)C(F)(F)C(F)(F)C(F)(F)C(F)(F)C(F)(F)F)[Si](OCC)(OCC)OCC. The molecule has 0 saturated carbocycles. The van der Waals surface area contributed by atoms with Gasteiger partial charge in [-0.25, -0.2) is 0 Å². The Bertz CT molecular complexity index is 792. The van der Waals surface area contributed by atoms with Gasteiger partial charge >= 0.3 is 56.4 Å². The highest BCUT2D eigenvalue weighted by Crippen LogP contribution is 2.64. The molecule has 0 heterocycles. The first-order chi connectivity index (χ1) is 16.1. The van der Waals surface area contributed by atoms with Gasteiger partial charge in [-0.1, -0.05) is 6.58 Å². The molecule has 0 aliphatic heterocycles. The molecule has 0 N–H and O–H groups in total. The van der Waals surface area contributed by atoms with Crippen molar-refractivity contribution in [2.75, 3.05) is 19.8 Å². The Morgan fingerprint density at radius 2 is 0.730 bits per heavy atom. The van der Waals surface area contributed by atoms with E-state index in [1.807, 2.05) is 0 Å². The van der Waals surface area contributed by atoms with Gasteiger partial charge in [0, 0.05) is 19.8 Å². The second-order valence-corrected chi connectivity index (χ2v) is 9.43. The molecule has 0 amide bonds. The Labute approximate surface area is 197 Å². The van der Waals surface area contributed by atoms with Crippen LogP contribution in [0.5, 0.6) is 0 Å². The van der Waals surface area contributed by atoms with E-state index in [0.717, 1.165) is 20.8 Å². The van der Waals surface area contributed by atoms with Crippen LogP contribution in [-0.2, 0) is 13.3 Å². The molecule has 0 aromatic rings. The molecule has 0 radical (unpaired) electrons. The Hall–Kier alpha value is -1.35. The van der Waals surface area contributed by atoms with Crippen LogP contribution in [0.2, 0.25) is 0 Å². The molecule has 0 aromatic carbocycles. The Kier molecular flexibility index (Phi) is 9.94. The second kappa shape index (κ2) is 10.3. The normalized spacial score (nSPS) is 15.8. The molecule has 0 unspecified atom stereocenters. The lowest BCUT2D eigenvalue weighted by molar-refractivity contribution is -0.460. The Balaban J connectivity index is 7.06. The summed E-state index contributed by atoms with van der Waals surface area (Å²) in [6.07, 6.45) is -7.82. The number of hydrogen-bond acceptors (Lipinski definition) is 3. The average Bonchev–Trinajstić information content (AvgIpc) is 2.71.